The molecule has 100 valence electrons. The van der Waals surface area contributed by atoms with E-state index < -0.39 is 0 Å². The van der Waals surface area contributed by atoms with Gasteiger partial charge < -0.3 is 4.74 Å². The van der Waals surface area contributed by atoms with E-state index in [0.29, 0.717) is 16.9 Å². The summed E-state index contributed by atoms with van der Waals surface area (Å²) in [6, 6.07) is 7.47. The minimum Gasteiger partial charge on any atom is -0.439 e. The quantitative estimate of drug-likeness (QED) is 0.727. The molecule has 0 atom stereocenters. The van der Waals surface area contributed by atoms with E-state index >= 15 is 0 Å². The molecule has 1 aromatic heterocycles. The SMILES string of the molecule is Cc1ccc(Br)cc1Oc1cc(Cl)nc(C(C)C)n1. The lowest BCUT2D eigenvalue weighted by Crippen LogP contribution is -2.00. The maximum Gasteiger partial charge on any atom is 0.224 e. The number of halogens is 2. The van der Waals surface area contributed by atoms with Crippen molar-refractivity contribution in [2.24, 2.45) is 0 Å². The molecule has 0 aliphatic carbocycles. The van der Waals surface area contributed by atoms with Gasteiger partial charge in [-0.3, -0.25) is 0 Å². The summed E-state index contributed by atoms with van der Waals surface area (Å²) in [5.41, 5.74) is 1.03. The zero-order valence-electron chi connectivity index (χ0n) is 10.9. The van der Waals surface area contributed by atoms with Crippen LogP contribution in [0.25, 0.3) is 0 Å². The summed E-state index contributed by atoms with van der Waals surface area (Å²) in [5, 5.41) is 0.390. The number of nitrogens with zero attached hydrogens (tertiary/aromatic N) is 2. The van der Waals surface area contributed by atoms with Crippen LogP contribution >= 0.6 is 27.5 Å². The lowest BCUT2D eigenvalue weighted by molar-refractivity contribution is 0.453. The number of rotatable bonds is 3. The fourth-order valence-corrected chi connectivity index (χ4v) is 2.04. The van der Waals surface area contributed by atoms with Crippen LogP contribution < -0.4 is 4.74 Å². The highest BCUT2D eigenvalue weighted by atomic mass is 79.9. The van der Waals surface area contributed by atoms with Gasteiger partial charge in [-0.15, -0.1) is 0 Å². The highest BCUT2D eigenvalue weighted by Crippen LogP contribution is 2.28. The van der Waals surface area contributed by atoms with E-state index in [9.17, 15) is 0 Å². The Bertz CT molecular complexity index is 602. The van der Waals surface area contributed by atoms with Crippen molar-refractivity contribution in [2.45, 2.75) is 26.7 Å². The molecule has 2 aromatic rings. The van der Waals surface area contributed by atoms with E-state index in [4.69, 9.17) is 16.3 Å². The van der Waals surface area contributed by atoms with Crippen molar-refractivity contribution in [3.05, 3.63) is 45.3 Å². The second-order valence-electron chi connectivity index (χ2n) is 4.55. The van der Waals surface area contributed by atoms with Gasteiger partial charge in [0.05, 0.1) is 0 Å². The summed E-state index contributed by atoms with van der Waals surface area (Å²) < 4.78 is 6.75. The Kier molecular flexibility index (Phi) is 4.42. The molecule has 0 fully saturated rings. The first-order valence-electron chi connectivity index (χ1n) is 5.94. The molecular weight excluding hydrogens is 328 g/mol. The summed E-state index contributed by atoms with van der Waals surface area (Å²) in [6.07, 6.45) is 0. The Labute approximate surface area is 126 Å². The van der Waals surface area contributed by atoms with Crippen LogP contribution in [-0.4, -0.2) is 9.97 Å². The maximum atomic E-state index is 5.99. The topological polar surface area (TPSA) is 35.0 Å². The van der Waals surface area contributed by atoms with Gasteiger partial charge in [0.1, 0.15) is 16.7 Å². The van der Waals surface area contributed by atoms with Crippen LogP contribution in [0, 0.1) is 6.92 Å². The Morgan fingerprint density at radius 2 is 1.95 bits per heavy atom. The number of aryl methyl sites for hydroxylation is 1. The highest BCUT2D eigenvalue weighted by Gasteiger charge is 2.10. The third-order valence-corrected chi connectivity index (χ3v) is 3.26. The molecule has 0 aliphatic heterocycles. The van der Waals surface area contributed by atoms with Gasteiger partial charge in [-0.1, -0.05) is 47.4 Å². The summed E-state index contributed by atoms with van der Waals surface area (Å²) in [7, 11) is 0. The van der Waals surface area contributed by atoms with Crippen molar-refractivity contribution in [3.63, 3.8) is 0 Å². The van der Waals surface area contributed by atoms with Crippen LogP contribution in [0.5, 0.6) is 11.6 Å². The largest absolute Gasteiger partial charge is 0.439 e. The number of hydrogen-bond acceptors (Lipinski definition) is 3. The fraction of sp³-hybridized carbons (Fsp3) is 0.286. The lowest BCUT2D eigenvalue weighted by Gasteiger charge is -2.10. The third-order valence-electron chi connectivity index (χ3n) is 2.57. The zero-order chi connectivity index (χ0) is 14.0. The fourth-order valence-electron chi connectivity index (χ4n) is 1.52. The molecule has 0 saturated heterocycles. The second-order valence-corrected chi connectivity index (χ2v) is 5.86. The van der Waals surface area contributed by atoms with Crippen molar-refractivity contribution in [2.75, 3.05) is 0 Å². The monoisotopic (exact) mass is 340 g/mol. The molecule has 0 N–H and O–H groups in total. The minimum absolute atomic E-state index is 0.199. The molecule has 2 rings (SSSR count). The van der Waals surface area contributed by atoms with E-state index in [1.54, 1.807) is 6.07 Å². The Hall–Kier alpha value is -1.13. The van der Waals surface area contributed by atoms with Crippen molar-refractivity contribution >= 4 is 27.5 Å². The first-order valence-corrected chi connectivity index (χ1v) is 7.11. The zero-order valence-corrected chi connectivity index (χ0v) is 13.3. The molecular formula is C14H14BrClN2O. The standard InChI is InChI=1S/C14H14BrClN2O/c1-8(2)14-17-12(16)7-13(18-14)19-11-6-10(15)5-4-9(11)3/h4-8H,1-3H3. The van der Waals surface area contributed by atoms with Gasteiger partial charge in [0.25, 0.3) is 0 Å². The summed E-state index contributed by atoms with van der Waals surface area (Å²) in [4.78, 5) is 8.55. The number of ether oxygens (including phenoxy) is 1. The van der Waals surface area contributed by atoms with Gasteiger partial charge in [-0.25, -0.2) is 4.98 Å². The summed E-state index contributed by atoms with van der Waals surface area (Å²) in [5.74, 6) is 2.09. The van der Waals surface area contributed by atoms with Crippen LogP contribution in [-0.2, 0) is 0 Å². The number of benzene rings is 1. The smallest absolute Gasteiger partial charge is 0.224 e. The normalized spacial score (nSPS) is 10.8. The average molecular weight is 342 g/mol. The van der Waals surface area contributed by atoms with Crippen LogP contribution in [0.15, 0.2) is 28.7 Å². The first-order chi connectivity index (χ1) is 8.95. The Balaban J connectivity index is 2.35. The molecule has 1 aromatic carbocycles. The highest BCUT2D eigenvalue weighted by molar-refractivity contribution is 9.10. The van der Waals surface area contributed by atoms with E-state index in [1.807, 2.05) is 39.0 Å². The Morgan fingerprint density at radius 1 is 1.21 bits per heavy atom. The predicted octanol–water partition coefficient (Wildman–Crippen LogP) is 5.12. The molecule has 0 spiro atoms. The van der Waals surface area contributed by atoms with Crippen molar-refractivity contribution < 1.29 is 4.74 Å². The van der Waals surface area contributed by atoms with E-state index in [1.165, 1.54) is 0 Å². The molecule has 0 radical (unpaired) electrons. The number of hydrogen-bond donors (Lipinski definition) is 0. The molecule has 0 aliphatic rings. The van der Waals surface area contributed by atoms with Crippen molar-refractivity contribution in [1.29, 1.82) is 0 Å². The average Bonchev–Trinajstić information content (AvgIpc) is 2.33. The van der Waals surface area contributed by atoms with E-state index in [2.05, 4.69) is 25.9 Å². The van der Waals surface area contributed by atoms with Gasteiger partial charge in [0, 0.05) is 16.5 Å². The summed E-state index contributed by atoms with van der Waals surface area (Å²) in [6.45, 7) is 6.01. The molecule has 0 amide bonds. The van der Waals surface area contributed by atoms with Gasteiger partial charge >= 0.3 is 0 Å². The summed E-state index contributed by atoms with van der Waals surface area (Å²) >= 11 is 9.41. The lowest BCUT2D eigenvalue weighted by atomic mass is 10.2. The molecule has 0 unspecified atom stereocenters. The van der Waals surface area contributed by atoms with Crippen molar-refractivity contribution in [3.8, 4) is 11.6 Å². The predicted molar refractivity (Wildman–Crippen MR) is 80.1 cm³/mol. The van der Waals surface area contributed by atoms with Gasteiger partial charge in [0.15, 0.2) is 0 Å². The molecule has 1 heterocycles. The van der Waals surface area contributed by atoms with Gasteiger partial charge in [0.2, 0.25) is 5.88 Å². The maximum absolute atomic E-state index is 5.99. The van der Waals surface area contributed by atoms with Crippen LogP contribution in [0.3, 0.4) is 0 Å². The van der Waals surface area contributed by atoms with Crippen LogP contribution in [0.4, 0.5) is 0 Å². The van der Waals surface area contributed by atoms with Gasteiger partial charge in [-0.2, -0.15) is 4.98 Å². The van der Waals surface area contributed by atoms with Crippen molar-refractivity contribution in [1.82, 2.24) is 9.97 Å². The van der Waals surface area contributed by atoms with E-state index in [0.717, 1.165) is 15.8 Å². The minimum atomic E-state index is 0.199. The molecule has 5 heteroatoms. The van der Waals surface area contributed by atoms with Crippen LogP contribution in [0.1, 0.15) is 31.2 Å². The molecule has 0 bridgehead atoms. The van der Waals surface area contributed by atoms with Gasteiger partial charge in [-0.05, 0) is 24.6 Å². The molecule has 19 heavy (non-hydrogen) atoms. The first kappa shape index (κ1) is 14.3. The third kappa shape index (κ3) is 3.67. The Morgan fingerprint density at radius 3 is 2.63 bits per heavy atom. The number of aromatic nitrogens is 2. The molecule has 3 nitrogen and oxygen atoms in total. The molecule has 0 saturated carbocycles. The second kappa shape index (κ2) is 5.88. The van der Waals surface area contributed by atoms with E-state index in [-0.39, 0.29) is 5.92 Å². The van der Waals surface area contributed by atoms with Crippen LogP contribution in [0.2, 0.25) is 5.15 Å².